The summed E-state index contributed by atoms with van der Waals surface area (Å²) in [7, 11) is 0. The van der Waals surface area contributed by atoms with Gasteiger partial charge in [0.1, 0.15) is 6.61 Å². The maximum Gasteiger partial charge on any atom is 1.00 e. The molecule has 8 heavy (non-hydrogen) atoms. The first-order valence-electron chi connectivity index (χ1n) is 1.55. The second-order valence-corrected chi connectivity index (χ2v) is 0.886. The second kappa shape index (κ2) is 4.85. The van der Waals surface area contributed by atoms with E-state index in [4.69, 9.17) is 10.2 Å². The molecule has 0 aliphatic rings. The number of Topliss-reactive ketones (excluding diaryl/α,β-unsaturated/α-hetero) is 1. The van der Waals surface area contributed by atoms with Gasteiger partial charge in [-0.1, -0.05) is 0 Å². The fraction of sp³-hybridized carbons (Fsp3) is 0.333. The number of carboxylic acid groups (broad SMARTS) is 1. The van der Waals surface area contributed by atoms with Gasteiger partial charge in [-0.3, -0.25) is 4.79 Å². The number of rotatable bonds is 2. The zero-order chi connectivity index (χ0) is 5.86. The average Bonchev–Trinajstić information content (AvgIpc) is 1.65. The molecule has 0 atom stereocenters. The van der Waals surface area contributed by atoms with Crippen molar-refractivity contribution in [2.75, 3.05) is 6.61 Å². The number of ketones is 1. The molecule has 0 aliphatic heterocycles. The Morgan fingerprint density at radius 3 is 1.88 bits per heavy atom. The fourth-order valence-electron chi connectivity index (χ4n) is 0.0676. The molecular formula is C3H5LiO4. The maximum absolute atomic E-state index is 9.66. The van der Waals surface area contributed by atoms with Gasteiger partial charge in [-0.2, -0.15) is 0 Å². The van der Waals surface area contributed by atoms with Gasteiger partial charge in [-0.05, 0) is 0 Å². The maximum atomic E-state index is 9.66. The van der Waals surface area contributed by atoms with Crippen LogP contribution < -0.4 is 18.9 Å². The summed E-state index contributed by atoms with van der Waals surface area (Å²) in [5.74, 6) is -2.78. The van der Waals surface area contributed by atoms with E-state index in [9.17, 15) is 9.59 Å². The summed E-state index contributed by atoms with van der Waals surface area (Å²) in [6.07, 6.45) is 0. The number of carboxylic acids is 1. The number of aliphatic carboxylic acids is 1. The summed E-state index contributed by atoms with van der Waals surface area (Å²) in [6.45, 7) is -0.921. The van der Waals surface area contributed by atoms with Crippen LogP contribution in [0.1, 0.15) is 1.43 Å². The molecule has 4 nitrogen and oxygen atoms in total. The van der Waals surface area contributed by atoms with Crippen LogP contribution in [0.4, 0.5) is 0 Å². The predicted octanol–water partition coefficient (Wildman–Crippen LogP) is -4.25. The van der Waals surface area contributed by atoms with Crippen LogP contribution in [0.2, 0.25) is 0 Å². The Kier molecular flexibility index (Phi) is 6.44. The SMILES string of the molecule is O=C(O)C(=O)CO.[H-].[Li+]. The van der Waals surface area contributed by atoms with Crippen molar-refractivity contribution in [2.24, 2.45) is 0 Å². The molecule has 0 heterocycles. The van der Waals surface area contributed by atoms with Crippen LogP contribution in [0.25, 0.3) is 0 Å². The van der Waals surface area contributed by atoms with Crippen LogP contribution >= 0.6 is 0 Å². The van der Waals surface area contributed by atoms with Gasteiger partial charge in [-0.25, -0.2) is 4.79 Å². The molecule has 42 valence electrons. The molecule has 0 aliphatic carbocycles. The van der Waals surface area contributed by atoms with Crippen molar-refractivity contribution >= 4 is 11.8 Å². The van der Waals surface area contributed by atoms with E-state index < -0.39 is 18.4 Å². The first-order valence-corrected chi connectivity index (χ1v) is 1.55. The zero-order valence-corrected chi connectivity index (χ0v) is 4.42. The first-order chi connectivity index (χ1) is 3.18. The molecule has 0 unspecified atom stereocenters. The van der Waals surface area contributed by atoms with Gasteiger partial charge >= 0.3 is 24.8 Å². The third-order valence-corrected chi connectivity index (χ3v) is 0.382. The molecule has 0 bridgehead atoms. The summed E-state index contributed by atoms with van der Waals surface area (Å²) < 4.78 is 0. The normalized spacial score (nSPS) is 7.12. The molecule has 0 saturated carbocycles. The number of carbonyl (C=O) groups is 2. The quantitative estimate of drug-likeness (QED) is 0.280. The van der Waals surface area contributed by atoms with Gasteiger partial charge in [0.2, 0.25) is 0 Å². The van der Waals surface area contributed by atoms with Gasteiger partial charge in [0, 0.05) is 0 Å². The van der Waals surface area contributed by atoms with E-state index in [1.165, 1.54) is 0 Å². The molecule has 5 heteroatoms. The van der Waals surface area contributed by atoms with Crippen molar-refractivity contribution in [1.82, 2.24) is 0 Å². The van der Waals surface area contributed by atoms with Gasteiger partial charge in [0.15, 0.2) is 0 Å². The first kappa shape index (κ1) is 10.6. The molecule has 2 N–H and O–H groups in total. The minimum atomic E-state index is -1.59. The molecule has 0 saturated heterocycles. The van der Waals surface area contributed by atoms with E-state index >= 15 is 0 Å². The molecular weight excluding hydrogens is 107 g/mol. The summed E-state index contributed by atoms with van der Waals surface area (Å²) in [4.78, 5) is 19.1. The van der Waals surface area contributed by atoms with Crippen molar-refractivity contribution < 1.29 is 40.1 Å². The van der Waals surface area contributed by atoms with E-state index in [1.54, 1.807) is 0 Å². The predicted molar refractivity (Wildman–Crippen MR) is 20.8 cm³/mol. The van der Waals surface area contributed by atoms with E-state index in [2.05, 4.69) is 0 Å². The molecule has 0 aromatic rings. The summed E-state index contributed by atoms with van der Waals surface area (Å²) >= 11 is 0. The van der Waals surface area contributed by atoms with Crippen LogP contribution in [-0.4, -0.2) is 28.6 Å². The van der Waals surface area contributed by atoms with Gasteiger partial charge in [0.25, 0.3) is 5.78 Å². The monoisotopic (exact) mass is 112 g/mol. The number of carbonyl (C=O) groups excluding carboxylic acids is 1. The van der Waals surface area contributed by atoms with Crippen LogP contribution in [0, 0.1) is 0 Å². The van der Waals surface area contributed by atoms with Gasteiger partial charge in [0.05, 0.1) is 0 Å². The van der Waals surface area contributed by atoms with Gasteiger partial charge < -0.3 is 11.6 Å². The summed E-state index contributed by atoms with van der Waals surface area (Å²) in [5.41, 5.74) is 0. The summed E-state index contributed by atoms with van der Waals surface area (Å²) in [6, 6.07) is 0. The number of aliphatic hydroxyl groups is 1. The van der Waals surface area contributed by atoms with Crippen molar-refractivity contribution in [2.45, 2.75) is 0 Å². The molecule has 0 rings (SSSR count). The zero-order valence-electron chi connectivity index (χ0n) is 5.42. The Hall–Kier alpha value is -0.303. The van der Waals surface area contributed by atoms with Crippen LogP contribution in [-0.2, 0) is 9.59 Å². The number of hydrogen-bond donors (Lipinski definition) is 2. The largest absolute Gasteiger partial charge is 1.00 e. The van der Waals surface area contributed by atoms with E-state index in [-0.39, 0.29) is 20.3 Å². The molecule has 0 aromatic carbocycles. The third kappa shape index (κ3) is 3.87. The minimum absolute atomic E-state index is 0. The molecule has 0 aromatic heterocycles. The van der Waals surface area contributed by atoms with E-state index in [0.717, 1.165) is 0 Å². The fourth-order valence-corrected chi connectivity index (χ4v) is 0.0676. The third-order valence-electron chi connectivity index (χ3n) is 0.382. The standard InChI is InChI=1S/C3H4O4.Li.H/c4-1-2(5)3(6)7;;/h4H,1H2,(H,6,7);;/q;+1;-1. The second-order valence-electron chi connectivity index (χ2n) is 0.886. The van der Waals surface area contributed by atoms with Gasteiger partial charge in [-0.15, -0.1) is 0 Å². The average molecular weight is 112 g/mol. The van der Waals surface area contributed by atoms with Crippen LogP contribution in [0.5, 0.6) is 0 Å². The number of hydrogen-bond acceptors (Lipinski definition) is 3. The Labute approximate surface area is 59.2 Å². The Bertz CT molecular complexity index is 104. The summed E-state index contributed by atoms with van der Waals surface area (Å²) in [5, 5.41) is 15.4. The van der Waals surface area contributed by atoms with Crippen molar-refractivity contribution in [3.05, 3.63) is 0 Å². The van der Waals surface area contributed by atoms with E-state index in [0.29, 0.717) is 0 Å². The van der Waals surface area contributed by atoms with E-state index in [1.807, 2.05) is 0 Å². The Morgan fingerprint density at radius 2 is 1.88 bits per heavy atom. The Morgan fingerprint density at radius 1 is 1.50 bits per heavy atom. The molecule has 0 amide bonds. The smallest absolute Gasteiger partial charge is 1.00 e. The molecule has 0 spiro atoms. The number of aliphatic hydroxyl groups excluding tert-OH is 1. The molecule has 0 radical (unpaired) electrons. The molecule has 0 fully saturated rings. The van der Waals surface area contributed by atoms with Crippen molar-refractivity contribution in [1.29, 1.82) is 0 Å². The van der Waals surface area contributed by atoms with Crippen molar-refractivity contribution in [3.63, 3.8) is 0 Å². The minimum Gasteiger partial charge on any atom is -1.00 e. The topological polar surface area (TPSA) is 74.6 Å². The van der Waals surface area contributed by atoms with Crippen molar-refractivity contribution in [3.8, 4) is 0 Å². The Balaban J connectivity index is -0.000000180. The van der Waals surface area contributed by atoms with Crippen LogP contribution in [0.15, 0.2) is 0 Å². The van der Waals surface area contributed by atoms with Crippen LogP contribution in [0.3, 0.4) is 0 Å².